The number of carboxylic acids is 1. The summed E-state index contributed by atoms with van der Waals surface area (Å²) in [5.74, 6) is -12.0. The molecule has 5 rings (SSSR count). The predicted molar refractivity (Wildman–Crippen MR) is 137 cm³/mol. The summed E-state index contributed by atoms with van der Waals surface area (Å²) < 4.78 is 68.2. The summed E-state index contributed by atoms with van der Waals surface area (Å²) in [6.07, 6.45) is 0.870. The Morgan fingerprint density at radius 1 is 0.725 bits per heavy atom. The van der Waals surface area contributed by atoms with Gasteiger partial charge in [0, 0.05) is 31.7 Å². The molecule has 1 aliphatic carbocycles. The highest BCUT2D eigenvalue weighted by Gasteiger charge is 2.48. The minimum absolute atomic E-state index is 0.244. The SMILES string of the molecule is O=C(Cc1c(F)c(F)c(F)c(F)c1F)N1CCN(CCCCC2(C(=O)O)c3ccccc3-c3ccccc32)CC1. The minimum Gasteiger partial charge on any atom is -0.480 e. The van der Waals surface area contributed by atoms with Gasteiger partial charge < -0.3 is 10.0 Å². The van der Waals surface area contributed by atoms with Gasteiger partial charge in [-0.15, -0.1) is 0 Å². The quantitative estimate of drug-likeness (QED) is 0.177. The third kappa shape index (κ3) is 4.64. The minimum atomic E-state index is -2.25. The molecular formula is C30H27F5N2O3. The highest BCUT2D eigenvalue weighted by Crippen LogP contribution is 2.51. The van der Waals surface area contributed by atoms with Crippen LogP contribution < -0.4 is 0 Å². The number of nitrogens with zero attached hydrogens (tertiary/aromatic N) is 2. The van der Waals surface area contributed by atoms with Gasteiger partial charge in [0.25, 0.3) is 0 Å². The molecule has 3 aromatic carbocycles. The lowest BCUT2D eigenvalue weighted by atomic mass is 9.74. The van der Waals surface area contributed by atoms with Crippen LogP contribution in [0.25, 0.3) is 11.1 Å². The summed E-state index contributed by atoms with van der Waals surface area (Å²) in [6.45, 7) is 2.10. The lowest BCUT2D eigenvalue weighted by Gasteiger charge is -2.35. The van der Waals surface area contributed by atoms with Crippen molar-refractivity contribution in [1.29, 1.82) is 0 Å². The van der Waals surface area contributed by atoms with Crippen LogP contribution >= 0.6 is 0 Å². The maximum Gasteiger partial charge on any atom is 0.318 e. The smallest absolute Gasteiger partial charge is 0.318 e. The van der Waals surface area contributed by atoms with Gasteiger partial charge in [0.15, 0.2) is 23.3 Å². The number of hydrogen-bond acceptors (Lipinski definition) is 3. The number of amides is 1. The molecule has 0 aromatic heterocycles. The van der Waals surface area contributed by atoms with E-state index >= 15 is 0 Å². The van der Waals surface area contributed by atoms with E-state index < -0.39 is 58.4 Å². The summed E-state index contributed by atoms with van der Waals surface area (Å²) in [5, 5.41) is 10.4. The van der Waals surface area contributed by atoms with Crippen molar-refractivity contribution >= 4 is 11.9 Å². The second-order valence-corrected chi connectivity index (χ2v) is 10.2. The fourth-order valence-electron chi connectivity index (χ4n) is 5.95. The van der Waals surface area contributed by atoms with Crippen molar-refractivity contribution in [2.45, 2.75) is 31.1 Å². The van der Waals surface area contributed by atoms with E-state index in [9.17, 15) is 36.6 Å². The molecule has 1 fully saturated rings. The Balaban J connectivity index is 1.16. The lowest BCUT2D eigenvalue weighted by Crippen LogP contribution is -2.49. The second-order valence-electron chi connectivity index (χ2n) is 10.2. The molecule has 3 aromatic rings. The summed E-state index contributed by atoms with van der Waals surface area (Å²) in [7, 11) is 0. The second kappa shape index (κ2) is 11.0. The van der Waals surface area contributed by atoms with Crippen LogP contribution in [0, 0.1) is 29.1 Å². The van der Waals surface area contributed by atoms with Crippen LogP contribution in [0.4, 0.5) is 22.0 Å². The van der Waals surface area contributed by atoms with E-state index in [-0.39, 0.29) is 13.1 Å². The van der Waals surface area contributed by atoms with Crippen molar-refractivity contribution in [2.24, 2.45) is 0 Å². The largest absolute Gasteiger partial charge is 0.480 e. The highest BCUT2D eigenvalue weighted by atomic mass is 19.2. The van der Waals surface area contributed by atoms with Gasteiger partial charge in [-0.3, -0.25) is 14.5 Å². The molecule has 0 unspecified atom stereocenters. The predicted octanol–water partition coefficient (Wildman–Crippen LogP) is 5.29. The number of aliphatic carboxylic acids is 1. The molecule has 5 nitrogen and oxygen atoms in total. The van der Waals surface area contributed by atoms with Gasteiger partial charge >= 0.3 is 5.97 Å². The Labute approximate surface area is 227 Å². The van der Waals surface area contributed by atoms with Crippen LogP contribution in [0.5, 0.6) is 0 Å². The first-order valence-electron chi connectivity index (χ1n) is 13.1. The van der Waals surface area contributed by atoms with Crippen molar-refractivity contribution in [3.8, 4) is 11.1 Å². The zero-order chi connectivity index (χ0) is 28.6. The number of fused-ring (bicyclic) bond motifs is 3. The molecule has 2 aliphatic rings. The first-order valence-corrected chi connectivity index (χ1v) is 13.1. The number of halogens is 5. The van der Waals surface area contributed by atoms with Gasteiger partial charge in [-0.1, -0.05) is 55.0 Å². The number of benzene rings is 3. The van der Waals surface area contributed by atoms with Crippen LogP contribution in [0.1, 0.15) is 36.0 Å². The molecule has 0 atom stereocenters. The normalized spacial score (nSPS) is 16.1. The van der Waals surface area contributed by atoms with E-state index in [2.05, 4.69) is 4.90 Å². The molecule has 0 saturated carbocycles. The van der Waals surface area contributed by atoms with Crippen LogP contribution in [-0.2, 0) is 21.4 Å². The van der Waals surface area contributed by atoms with Gasteiger partial charge in [-0.25, -0.2) is 22.0 Å². The fourth-order valence-corrected chi connectivity index (χ4v) is 5.95. The van der Waals surface area contributed by atoms with E-state index in [0.29, 0.717) is 32.5 Å². The average molecular weight is 559 g/mol. The topological polar surface area (TPSA) is 60.9 Å². The number of carboxylic acid groups (broad SMARTS) is 1. The van der Waals surface area contributed by atoms with Crippen molar-refractivity contribution in [3.05, 3.63) is 94.3 Å². The van der Waals surface area contributed by atoms with E-state index in [4.69, 9.17) is 0 Å². The van der Waals surface area contributed by atoms with Gasteiger partial charge in [-0.2, -0.15) is 0 Å². The summed E-state index contributed by atoms with van der Waals surface area (Å²) in [5.41, 5.74) is 1.21. The molecule has 1 N–H and O–H groups in total. The zero-order valence-corrected chi connectivity index (χ0v) is 21.5. The van der Waals surface area contributed by atoms with Crippen molar-refractivity contribution in [3.63, 3.8) is 0 Å². The number of piperazine rings is 1. The number of carbonyl (C=O) groups is 2. The van der Waals surface area contributed by atoms with E-state index in [1.807, 2.05) is 48.5 Å². The van der Waals surface area contributed by atoms with E-state index in [1.165, 1.54) is 4.90 Å². The van der Waals surface area contributed by atoms with Crippen molar-refractivity contribution in [1.82, 2.24) is 9.80 Å². The highest BCUT2D eigenvalue weighted by molar-refractivity contribution is 5.97. The summed E-state index contributed by atoms with van der Waals surface area (Å²) >= 11 is 0. The van der Waals surface area contributed by atoms with Gasteiger partial charge in [-0.05, 0) is 41.6 Å². The fraction of sp³-hybridized carbons (Fsp3) is 0.333. The van der Waals surface area contributed by atoms with Crippen molar-refractivity contribution < 1.29 is 36.6 Å². The standard InChI is InChI=1S/C30H27F5N2O3/c31-24-20(25(32)27(34)28(35)26(24)33)17-23(38)37-15-13-36(14-16-37)12-6-5-11-30(29(39)40)21-9-3-1-7-18(21)19-8-2-4-10-22(19)30/h1-4,7-10H,5-6,11-17H2,(H,39,40). The molecule has 40 heavy (non-hydrogen) atoms. The Bertz CT molecular complexity index is 1400. The summed E-state index contributed by atoms with van der Waals surface area (Å²) in [4.78, 5) is 28.7. The third-order valence-corrected chi connectivity index (χ3v) is 8.06. The number of hydrogen-bond donors (Lipinski definition) is 1. The average Bonchev–Trinajstić information content (AvgIpc) is 3.26. The Morgan fingerprint density at radius 2 is 1.23 bits per heavy atom. The van der Waals surface area contributed by atoms with E-state index in [0.717, 1.165) is 28.7 Å². The zero-order valence-electron chi connectivity index (χ0n) is 21.5. The van der Waals surface area contributed by atoms with E-state index in [1.54, 1.807) is 0 Å². The molecule has 210 valence electrons. The maximum atomic E-state index is 14.0. The molecule has 0 radical (unpaired) electrons. The number of rotatable bonds is 8. The lowest BCUT2D eigenvalue weighted by molar-refractivity contribution is -0.142. The molecule has 1 aliphatic heterocycles. The first kappa shape index (κ1) is 27.8. The van der Waals surface area contributed by atoms with Crippen LogP contribution in [0.3, 0.4) is 0 Å². The van der Waals surface area contributed by atoms with Crippen LogP contribution in [0.2, 0.25) is 0 Å². The Morgan fingerprint density at radius 3 is 1.75 bits per heavy atom. The Kier molecular flexibility index (Phi) is 7.63. The number of unbranched alkanes of at least 4 members (excludes halogenated alkanes) is 1. The summed E-state index contributed by atoms with van der Waals surface area (Å²) in [6, 6.07) is 15.2. The number of carbonyl (C=O) groups excluding carboxylic acids is 1. The van der Waals surface area contributed by atoms with Gasteiger partial charge in [0.2, 0.25) is 11.7 Å². The maximum absolute atomic E-state index is 14.0. The molecule has 1 heterocycles. The molecule has 0 spiro atoms. The molecule has 1 saturated heterocycles. The van der Waals surface area contributed by atoms with Crippen LogP contribution in [0.15, 0.2) is 48.5 Å². The monoisotopic (exact) mass is 558 g/mol. The third-order valence-electron chi connectivity index (χ3n) is 8.06. The first-order chi connectivity index (χ1) is 19.2. The molecular weight excluding hydrogens is 531 g/mol. The Hall–Kier alpha value is -3.79. The van der Waals surface area contributed by atoms with Crippen LogP contribution in [-0.4, -0.2) is 59.5 Å². The van der Waals surface area contributed by atoms with Gasteiger partial charge in [0.05, 0.1) is 6.42 Å². The molecule has 10 heteroatoms. The molecule has 0 bridgehead atoms. The van der Waals surface area contributed by atoms with Gasteiger partial charge in [0.1, 0.15) is 5.41 Å². The molecule has 1 amide bonds. The van der Waals surface area contributed by atoms with Crippen molar-refractivity contribution in [2.75, 3.05) is 32.7 Å².